The van der Waals surface area contributed by atoms with Crippen molar-refractivity contribution in [3.8, 4) is 17.1 Å². The topological polar surface area (TPSA) is 64.9 Å². The van der Waals surface area contributed by atoms with E-state index in [-0.39, 0.29) is 6.04 Å². The Morgan fingerprint density at radius 2 is 2.08 bits per heavy atom. The highest BCUT2D eigenvalue weighted by molar-refractivity contribution is 5.93. The molecule has 3 aromatic rings. The van der Waals surface area contributed by atoms with Gasteiger partial charge in [-0.3, -0.25) is 4.68 Å². The summed E-state index contributed by atoms with van der Waals surface area (Å²) >= 11 is 0. The Morgan fingerprint density at radius 1 is 1.28 bits per heavy atom. The fourth-order valence-electron chi connectivity index (χ4n) is 2.96. The summed E-state index contributed by atoms with van der Waals surface area (Å²) in [6, 6.07) is 6.22. The van der Waals surface area contributed by atoms with E-state index in [1.807, 2.05) is 30.7 Å². The molecule has 0 radical (unpaired) electrons. The standard InChI is InChI=1S/C19H25N5O/c1-6-20-16-11-15(14-9-8-10-21-19(14)25-7-2)22-17-13(5)23-24(12(3)4)18(16)17/h8-12H,6-7H2,1-5H3,(H,20,22). The largest absolute Gasteiger partial charge is 0.477 e. The van der Waals surface area contributed by atoms with E-state index in [9.17, 15) is 0 Å². The zero-order valence-electron chi connectivity index (χ0n) is 15.5. The molecular weight excluding hydrogens is 314 g/mol. The quantitative estimate of drug-likeness (QED) is 0.728. The van der Waals surface area contributed by atoms with Crippen LogP contribution in [0.25, 0.3) is 22.3 Å². The molecule has 0 bridgehead atoms. The third kappa shape index (κ3) is 3.16. The second-order valence-corrected chi connectivity index (χ2v) is 6.20. The fraction of sp³-hybridized carbons (Fsp3) is 0.421. The SMILES string of the molecule is CCNc1cc(-c2cccnc2OCC)nc2c(C)nn(C(C)C)c12. The zero-order valence-corrected chi connectivity index (χ0v) is 15.5. The van der Waals surface area contributed by atoms with Crippen LogP contribution in [-0.4, -0.2) is 32.9 Å². The highest BCUT2D eigenvalue weighted by Crippen LogP contribution is 2.34. The predicted octanol–water partition coefficient (Wildman–Crippen LogP) is 4.21. The zero-order chi connectivity index (χ0) is 18.0. The third-order valence-corrected chi connectivity index (χ3v) is 4.01. The van der Waals surface area contributed by atoms with Gasteiger partial charge in [0.05, 0.1) is 29.2 Å². The Balaban J connectivity index is 2.27. The fourth-order valence-corrected chi connectivity index (χ4v) is 2.96. The average molecular weight is 339 g/mol. The van der Waals surface area contributed by atoms with Crippen molar-refractivity contribution in [2.45, 2.75) is 40.7 Å². The lowest BCUT2D eigenvalue weighted by atomic mass is 10.1. The Labute approximate surface area is 148 Å². The van der Waals surface area contributed by atoms with Gasteiger partial charge in [0.1, 0.15) is 11.0 Å². The molecule has 3 aromatic heterocycles. The number of rotatable bonds is 6. The van der Waals surface area contributed by atoms with Crippen molar-refractivity contribution in [2.75, 3.05) is 18.5 Å². The minimum atomic E-state index is 0.263. The van der Waals surface area contributed by atoms with Crippen LogP contribution in [0.4, 0.5) is 5.69 Å². The van der Waals surface area contributed by atoms with Gasteiger partial charge < -0.3 is 10.1 Å². The Hall–Kier alpha value is -2.63. The van der Waals surface area contributed by atoms with Crippen LogP contribution in [0.1, 0.15) is 39.4 Å². The molecule has 132 valence electrons. The monoisotopic (exact) mass is 339 g/mol. The molecule has 6 nitrogen and oxygen atoms in total. The summed E-state index contributed by atoms with van der Waals surface area (Å²) in [7, 11) is 0. The number of hydrogen-bond acceptors (Lipinski definition) is 5. The number of nitrogens with one attached hydrogen (secondary N) is 1. The second kappa shape index (κ2) is 7.09. The molecule has 0 amide bonds. The lowest BCUT2D eigenvalue weighted by molar-refractivity contribution is 0.328. The van der Waals surface area contributed by atoms with Gasteiger partial charge in [-0.05, 0) is 52.8 Å². The van der Waals surface area contributed by atoms with Crippen LogP contribution in [0.15, 0.2) is 24.4 Å². The predicted molar refractivity (Wildman–Crippen MR) is 101 cm³/mol. The maximum absolute atomic E-state index is 5.68. The van der Waals surface area contributed by atoms with Crippen molar-refractivity contribution in [1.82, 2.24) is 19.7 Å². The van der Waals surface area contributed by atoms with E-state index in [0.717, 1.165) is 40.2 Å². The van der Waals surface area contributed by atoms with Crippen LogP contribution in [0.3, 0.4) is 0 Å². The normalized spacial score (nSPS) is 11.3. The van der Waals surface area contributed by atoms with Gasteiger partial charge in [0.15, 0.2) is 0 Å². The molecule has 1 N–H and O–H groups in total. The number of aromatic nitrogens is 4. The van der Waals surface area contributed by atoms with Gasteiger partial charge in [0.2, 0.25) is 5.88 Å². The first kappa shape index (κ1) is 17.2. The molecule has 0 saturated heterocycles. The molecule has 0 fully saturated rings. The molecule has 0 atom stereocenters. The van der Waals surface area contributed by atoms with Crippen molar-refractivity contribution < 1.29 is 4.74 Å². The Kier molecular flexibility index (Phi) is 4.88. The van der Waals surface area contributed by atoms with Crippen LogP contribution in [0.5, 0.6) is 5.88 Å². The molecular formula is C19H25N5O. The lowest BCUT2D eigenvalue weighted by Crippen LogP contribution is -2.07. The first-order chi connectivity index (χ1) is 12.1. The van der Waals surface area contributed by atoms with Crippen LogP contribution < -0.4 is 10.1 Å². The van der Waals surface area contributed by atoms with Crippen LogP contribution in [0, 0.1) is 6.92 Å². The number of fused-ring (bicyclic) bond motifs is 1. The number of hydrogen-bond donors (Lipinski definition) is 1. The highest BCUT2D eigenvalue weighted by atomic mass is 16.5. The molecule has 3 heterocycles. The van der Waals surface area contributed by atoms with E-state index in [2.05, 4.69) is 37.1 Å². The van der Waals surface area contributed by atoms with E-state index in [4.69, 9.17) is 14.8 Å². The smallest absolute Gasteiger partial charge is 0.222 e. The van der Waals surface area contributed by atoms with Crippen molar-refractivity contribution >= 4 is 16.7 Å². The van der Waals surface area contributed by atoms with Gasteiger partial charge in [0, 0.05) is 18.8 Å². The van der Waals surface area contributed by atoms with E-state index < -0.39 is 0 Å². The number of ether oxygens (including phenoxy) is 1. The molecule has 25 heavy (non-hydrogen) atoms. The van der Waals surface area contributed by atoms with E-state index in [1.54, 1.807) is 6.20 Å². The van der Waals surface area contributed by atoms with E-state index in [0.29, 0.717) is 12.5 Å². The Morgan fingerprint density at radius 3 is 2.76 bits per heavy atom. The summed E-state index contributed by atoms with van der Waals surface area (Å²) in [5.74, 6) is 0.605. The maximum atomic E-state index is 5.68. The molecule has 0 spiro atoms. The van der Waals surface area contributed by atoms with Crippen LogP contribution in [-0.2, 0) is 0 Å². The highest BCUT2D eigenvalue weighted by Gasteiger charge is 2.18. The van der Waals surface area contributed by atoms with Crippen LogP contribution >= 0.6 is 0 Å². The van der Waals surface area contributed by atoms with Gasteiger partial charge in [-0.1, -0.05) is 0 Å². The average Bonchev–Trinajstić information content (AvgIpc) is 2.93. The number of anilines is 1. The number of nitrogens with zero attached hydrogens (tertiary/aromatic N) is 4. The molecule has 3 rings (SSSR count). The lowest BCUT2D eigenvalue weighted by Gasteiger charge is -2.14. The summed E-state index contributed by atoms with van der Waals surface area (Å²) in [5, 5.41) is 8.15. The molecule has 0 aliphatic heterocycles. The van der Waals surface area contributed by atoms with E-state index >= 15 is 0 Å². The van der Waals surface area contributed by atoms with Gasteiger partial charge in [-0.2, -0.15) is 5.10 Å². The third-order valence-electron chi connectivity index (χ3n) is 4.01. The molecule has 0 aliphatic rings. The summed E-state index contributed by atoms with van der Waals surface area (Å²) < 4.78 is 7.72. The van der Waals surface area contributed by atoms with Crippen molar-refractivity contribution in [2.24, 2.45) is 0 Å². The maximum Gasteiger partial charge on any atom is 0.222 e. The number of aryl methyl sites for hydroxylation is 1. The first-order valence-electron chi connectivity index (χ1n) is 8.78. The number of pyridine rings is 2. The molecule has 0 aromatic carbocycles. The molecule has 6 heteroatoms. The first-order valence-corrected chi connectivity index (χ1v) is 8.78. The summed E-state index contributed by atoms with van der Waals surface area (Å²) in [4.78, 5) is 9.24. The van der Waals surface area contributed by atoms with Crippen molar-refractivity contribution in [3.05, 3.63) is 30.1 Å². The Bertz CT molecular complexity index is 885. The van der Waals surface area contributed by atoms with Gasteiger partial charge in [0.25, 0.3) is 0 Å². The minimum Gasteiger partial charge on any atom is -0.477 e. The van der Waals surface area contributed by atoms with Crippen molar-refractivity contribution in [1.29, 1.82) is 0 Å². The van der Waals surface area contributed by atoms with Crippen molar-refractivity contribution in [3.63, 3.8) is 0 Å². The molecule has 0 unspecified atom stereocenters. The second-order valence-electron chi connectivity index (χ2n) is 6.20. The molecule has 0 saturated carbocycles. The summed E-state index contributed by atoms with van der Waals surface area (Å²) in [5.41, 5.74) is 5.64. The van der Waals surface area contributed by atoms with Gasteiger partial charge in [-0.15, -0.1) is 0 Å². The summed E-state index contributed by atoms with van der Waals surface area (Å²) in [6.45, 7) is 11.7. The van der Waals surface area contributed by atoms with E-state index in [1.165, 1.54) is 0 Å². The van der Waals surface area contributed by atoms with Crippen LogP contribution in [0.2, 0.25) is 0 Å². The van der Waals surface area contributed by atoms with Gasteiger partial charge in [-0.25, -0.2) is 9.97 Å². The van der Waals surface area contributed by atoms with Gasteiger partial charge >= 0.3 is 0 Å². The minimum absolute atomic E-state index is 0.263. The molecule has 0 aliphatic carbocycles. The summed E-state index contributed by atoms with van der Waals surface area (Å²) in [6.07, 6.45) is 1.74.